The van der Waals surface area contributed by atoms with E-state index in [0.717, 1.165) is 38.7 Å². The summed E-state index contributed by atoms with van der Waals surface area (Å²) in [4.78, 5) is 34.0. The molecule has 0 aliphatic carbocycles. The van der Waals surface area contributed by atoms with Crippen molar-refractivity contribution in [2.24, 2.45) is 0 Å². The molecular formula is C33H26N4O3. The van der Waals surface area contributed by atoms with Gasteiger partial charge in [0.1, 0.15) is 11.3 Å². The van der Waals surface area contributed by atoms with E-state index in [9.17, 15) is 14.7 Å². The Bertz CT molecular complexity index is 1860. The third-order valence-electron chi connectivity index (χ3n) is 7.12. The highest BCUT2D eigenvalue weighted by Crippen LogP contribution is 2.26. The SMILES string of the molecule is C[C@H](NC(=O)c1cc(-c2ccccc2)cc2ncc(Cc3ccc4ccncc4c3)n12)c1ccc(C(=O)O)cc1. The van der Waals surface area contributed by atoms with Crippen LogP contribution in [0.3, 0.4) is 0 Å². The lowest BCUT2D eigenvalue weighted by Gasteiger charge is -2.17. The van der Waals surface area contributed by atoms with Crippen LogP contribution in [0.15, 0.2) is 110 Å². The number of hydrogen-bond acceptors (Lipinski definition) is 4. The van der Waals surface area contributed by atoms with E-state index in [1.807, 2.05) is 72.2 Å². The van der Waals surface area contributed by atoms with Crippen molar-refractivity contribution in [1.82, 2.24) is 19.7 Å². The highest BCUT2D eigenvalue weighted by Gasteiger charge is 2.19. The fourth-order valence-corrected chi connectivity index (χ4v) is 4.99. The Hall–Kier alpha value is -5.30. The van der Waals surface area contributed by atoms with E-state index in [4.69, 9.17) is 0 Å². The van der Waals surface area contributed by atoms with Crippen molar-refractivity contribution in [3.05, 3.63) is 138 Å². The molecule has 2 N–H and O–H groups in total. The van der Waals surface area contributed by atoms with Crippen LogP contribution in [-0.2, 0) is 6.42 Å². The standard InChI is InChI=1S/C33H26N4O3/c1-21(23-9-11-26(12-10-23)33(39)40)36-32(38)30-17-27(24-5-3-2-4-6-24)18-31-35-20-29(37(30)31)16-22-7-8-25-13-14-34-19-28(25)15-22/h2-15,17-21H,16H2,1H3,(H,36,38)(H,39,40)/t21-/m0/s1. The maximum Gasteiger partial charge on any atom is 0.335 e. The van der Waals surface area contributed by atoms with E-state index < -0.39 is 5.97 Å². The summed E-state index contributed by atoms with van der Waals surface area (Å²) in [6.07, 6.45) is 6.04. The zero-order valence-corrected chi connectivity index (χ0v) is 21.8. The van der Waals surface area contributed by atoms with Crippen LogP contribution in [0.2, 0.25) is 0 Å². The van der Waals surface area contributed by atoms with E-state index in [-0.39, 0.29) is 17.5 Å². The monoisotopic (exact) mass is 526 g/mol. The van der Waals surface area contributed by atoms with E-state index in [1.54, 1.807) is 30.5 Å². The zero-order chi connectivity index (χ0) is 27.6. The van der Waals surface area contributed by atoms with E-state index in [2.05, 4.69) is 33.5 Å². The predicted molar refractivity (Wildman–Crippen MR) is 154 cm³/mol. The molecule has 3 aromatic carbocycles. The van der Waals surface area contributed by atoms with Gasteiger partial charge in [0, 0.05) is 36.1 Å². The largest absolute Gasteiger partial charge is 0.478 e. The average molecular weight is 527 g/mol. The van der Waals surface area contributed by atoms with Gasteiger partial charge in [0.15, 0.2) is 0 Å². The van der Waals surface area contributed by atoms with Gasteiger partial charge in [-0.05, 0) is 71.0 Å². The molecule has 0 saturated carbocycles. The molecule has 6 aromatic rings. The molecule has 196 valence electrons. The fourth-order valence-electron chi connectivity index (χ4n) is 4.99. The first-order chi connectivity index (χ1) is 19.5. The van der Waals surface area contributed by atoms with Gasteiger partial charge in [0.2, 0.25) is 0 Å². The van der Waals surface area contributed by atoms with Crippen molar-refractivity contribution < 1.29 is 14.7 Å². The van der Waals surface area contributed by atoms with Gasteiger partial charge < -0.3 is 10.4 Å². The summed E-state index contributed by atoms with van der Waals surface area (Å²) in [6, 6.07) is 28.2. The summed E-state index contributed by atoms with van der Waals surface area (Å²) in [5, 5.41) is 14.5. The van der Waals surface area contributed by atoms with Crippen LogP contribution >= 0.6 is 0 Å². The van der Waals surface area contributed by atoms with Crippen LogP contribution in [0, 0.1) is 0 Å². The normalized spacial score (nSPS) is 11.9. The van der Waals surface area contributed by atoms with Crippen LogP contribution in [0.25, 0.3) is 27.5 Å². The Balaban J connectivity index is 1.39. The number of amides is 1. The summed E-state index contributed by atoms with van der Waals surface area (Å²) in [5.41, 5.74) is 6.03. The fraction of sp³-hybridized carbons (Fsp3) is 0.0909. The zero-order valence-electron chi connectivity index (χ0n) is 21.8. The Labute approximate surface area is 230 Å². The lowest BCUT2D eigenvalue weighted by Crippen LogP contribution is -2.28. The molecule has 3 heterocycles. The van der Waals surface area contributed by atoms with Crippen LogP contribution < -0.4 is 5.32 Å². The number of imidazole rings is 1. The van der Waals surface area contributed by atoms with E-state index in [1.165, 1.54) is 0 Å². The Morgan fingerprint density at radius 1 is 0.875 bits per heavy atom. The van der Waals surface area contributed by atoms with Crippen LogP contribution in [0.1, 0.15) is 50.6 Å². The molecular weight excluding hydrogens is 500 g/mol. The number of hydrogen-bond donors (Lipinski definition) is 2. The van der Waals surface area contributed by atoms with Gasteiger partial charge in [0.05, 0.1) is 11.6 Å². The quantitative estimate of drug-likeness (QED) is 0.253. The van der Waals surface area contributed by atoms with Crippen LogP contribution in [0.5, 0.6) is 0 Å². The first-order valence-corrected chi connectivity index (χ1v) is 13.0. The van der Waals surface area contributed by atoms with Crippen LogP contribution in [0.4, 0.5) is 0 Å². The number of rotatable bonds is 7. The molecule has 6 rings (SSSR count). The van der Waals surface area contributed by atoms with Crippen molar-refractivity contribution in [2.75, 3.05) is 0 Å². The van der Waals surface area contributed by atoms with Gasteiger partial charge in [-0.1, -0.05) is 54.6 Å². The van der Waals surface area contributed by atoms with Gasteiger partial charge >= 0.3 is 5.97 Å². The summed E-state index contributed by atoms with van der Waals surface area (Å²) >= 11 is 0. The van der Waals surface area contributed by atoms with Gasteiger partial charge in [-0.15, -0.1) is 0 Å². The molecule has 7 heteroatoms. The minimum atomic E-state index is -0.987. The minimum absolute atomic E-state index is 0.201. The van der Waals surface area contributed by atoms with E-state index >= 15 is 0 Å². The molecule has 0 fully saturated rings. The highest BCUT2D eigenvalue weighted by molar-refractivity contribution is 5.95. The summed E-state index contributed by atoms with van der Waals surface area (Å²) in [7, 11) is 0. The number of carboxylic acid groups (broad SMARTS) is 1. The number of carbonyl (C=O) groups excluding carboxylic acids is 1. The molecule has 7 nitrogen and oxygen atoms in total. The predicted octanol–water partition coefficient (Wildman–Crippen LogP) is 6.33. The minimum Gasteiger partial charge on any atom is -0.478 e. The van der Waals surface area contributed by atoms with Crippen molar-refractivity contribution >= 4 is 28.3 Å². The molecule has 0 bridgehead atoms. The maximum absolute atomic E-state index is 13.8. The Morgan fingerprint density at radius 2 is 1.68 bits per heavy atom. The number of pyridine rings is 2. The number of aromatic carboxylic acids is 1. The first kappa shape index (κ1) is 25.0. The highest BCUT2D eigenvalue weighted by atomic mass is 16.4. The topological polar surface area (TPSA) is 96.6 Å². The van der Waals surface area contributed by atoms with Crippen molar-refractivity contribution in [2.45, 2.75) is 19.4 Å². The summed E-state index contributed by atoms with van der Waals surface area (Å²) in [6.45, 7) is 1.88. The Kier molecular flexibility index (Phi) is 6.54. The maximum atomic E-state index is 13.8. The lowest BCUT2D eigenvalue weighted by atomic mass is 10.0. The number of fused-ring (bicyclic) bond motifs is 2. The van der Waals surface area contributed by atoms with Crippen molar-refractivity contribution in [1.29, 1.82) is 0 Å². The van der Waals surface area contributed by atoms with Crippen molar-refractivity contribution in [3.8, 4) is 11.1 Å². The molecule has 1 amide bonds. The molecule has 0 saturated heterocycles. The van der Waals surface area contributed by atoms with Crippen LogP contribution in [-0.4, -0.2) is 31.4 Å². The summed E-state index contributed by atoms with van der Waals surface area (Å²) < 4.78 is 1.91. The number of benzene rings is 3. The van der Waals surface area contributed by atoms with Gasteiger partial charge in [0.25, 0.3) is 5.91 Å². The van der Waals surface area contributed by atoms with E-state index in [0.29, 0.717) is 17.8 Å². The number of aromatic nitrogens is 3. The molecule has 0 radical (unpaired) electrons. The molecule has 0 aliphatic heterocycles. The molecule has 0 aliphatic rings. The molecule has 40 heavy (non-hydrogen) atoms. The third-order valence-corrected chi connectivity index (χ3v) is 7.12. The second-order valence-corrected chi connectivity index (χ2v) is 9.79. The third kappa shape index (κ3) is 4.92. The second-order valence-electron chi connectivity index (χ2n) is 9.79. The first-order valence-electron chi connectivity index (χ1n) is 13.0. The number of carboxylic acids is 1. The number of carbonyl (C=O) groups is 2. The van der Waals surface area contributed by atoms with Crippen molar-refractivity contribution in [3.63, 3.8) is 0 Å². The second kappa shape index (κ2) is 10.5. The Morgan fingerprint density at radius 3 is 2.45 bits per heavy atom. The number of nitrogens with one attached hydrogen (secondary N) is 1. The van der Waals surface area contributed by atoms with Gasteiger partial charge in [-0.25, -0.2) is 9.78 Å². The smallest absolute Gasteiger partial charge is 0.335 e. The van der Waals surface area contributed by atoms with Gasteiger partial charge in [-0.3, -0.25) is 14.2 Å². The molecule has 3 aromatic heterocycles. The molecule has 0 unspecified atom stereocenters. The lowest BCUT2D eigenvalue weighted by molar-refractivity contribution is 0.0696. The molecule has 0 spiro atoms. The summed E-state index contributed by atoms with van der Waals surface area (Å²) in [5.74, 6) is -1.24. The van der Waals surface area contributed by atoms with Gasteiger partial charge in [-0.2, -0.15) is 0 Å². The average Bonchev–Trinajstić information content (AvgIpc) is 3.39. The molecule has 1 atom stereocenters. The number of nitrogens with zero attached hydrogens (tertiary/aromatic N) is 3.